The van der Waals surface area contributed by atoms with Gasteiger partial charge in [-0.25, -0.2) is 0 Å². The highest BCUT2D eigenvalue weighted by molar-refractivity contribution is 5.03. The third-order valence-corrected chi connectivity index (χ3v) is 6.90. The van der Waals surface area contributed by atoms with Crippen molar-refractivity contribution in [2.45, 2.75) is 84.6 Å². The van der Waals surface area contributed by atoms with Crippen LogP contribution in [0.25, 0.3) is 0 Å². The standard InChI is InChI=1S/C19H35N/c1-4-17(5-2)18(20-6-3)13-19-10-14-7-15(11-19)9-16(8-14)12-19/h14-18,20H,4-13H2,1-3H3. The molecule has 0 aliphatic heterocycles. The Balaban J connectivity index is 1.71. The Kier molecular flexibility index (Phi) is 4.45. The summed E-state index contributed by atoms with van der Waals surface area (Å²) in [5.74, 6) is 4.20. The van der Waals surface area contributed by atoms with E-state index in [1.165, 1.54) is 19.3 Å². The van der Waals surface area contributed by atoms with Crippen molar-refractivity contribution in [3.63, 3.8) is 0 Å². The molecule has 0 aromatic heterocycles. The molecule has 0 aromatic carbocycles. The number of nitrogens with one attached hydrogen (secondary N) is 1. The van der Waals surface area contributed by atoms with Gasteiger partial charge in [0, 0.05) is 6.04 Å². The van der Waals surface area contributed by atoms with Crippen molar-refractivity contribution in [3.05, 3.63) is 0 Å². The van der Waals surface area contributed by atoms with Gasteiger partial charge in [-0.05, 0) is 80.6 Å². The molecule has 0 saturated heterocycles. The van der Waals surface area contributed by atoms with Gasteiger partial charge in [-0.2, -0.15) is 0 Å². The van der Waals surface area contributed by atoms with E-state index in [0.717, 1.165) is 41.7 Å². The maximum absolute atomic E-state index is 3.86. The lowest BCUT2D eigenvalue weighted by atomic mass is 9.48. The second kappa shape index (κ2) is 5.99. The Labute approximate surface area is 126 Å². The Morgan fingerprint density at radius 2 is 1.40 bits per heavy atom. The zero-order valence-electron chi connectivity index (χ0n) is 14.0. The first kappa shape index (κ1) is 14.9. The average molecular weight is 277 g/mol. The summed E-state index contributed by atoms with van der Waals surface area (Å²) in [6.45, 7) is 8.21. The highest BCUT2D eigenvalue weighted by Crippen LogP contribution is 2.61. The molecular weight excluding hydrogens is 242 g/mol. The van der Waals surface area contributed by atoms with Crippen LogP contribution in [-0.4, -0.2) is 12.6 Å². The second-order valence-electron chi connectivity index (χ2n) is 8.36. The lowest BCUT2D eigenvalue weighted by Gasteiger charge is -2.58. The fraction of sp³-hybridized carbons (Fsp3) is 1.00. The van der Waals surface area contributed by atoms with E-state index in [-0.39, 0.29) is 0 Å². The monoisotopic (exact) mass is 277 g/mol. The molecule has 4 rings (SSSR count). The molecule has 0 spiro atoms. The van der Waals surface area contributed by atoms with Crippen molar-refractivity contribution in [1.82, 2.24) is 5.32 Å². The number of rotatable bonds is 7. The molecule has 4 bridgehead atoms. The minimum atomic E-state index is 0.740. The Morgan fingerprint density at radius 3 is 1.80 bits per heavy atom. The molecule has 4 saturated carbocycles. The van der Waals surface area contributed by atoms with Crippen molar-refractivity contribution in [2.24, 2.45) is 29.1 Å². The molecule has 1 N–H and O–H groups in total. The maximum Gasteiger partial charge on any atom is 0.0100 e. The summed E-state index contributed by atoms with van der Waals surface area (Å²) in [4.78, 5) is 0. The minimum Gasteiger partial charge on any atom is -0.314 e. The lowest BCUT2D eigenvalue weighted by molar-refractivity contribution is -0.0650. The van der Waals surface area contributed by atoms with Gasteiger partial charge in [0.25, 0.3) is 0 Å². The first-order valence-electron chi connectivity index (χ1n) is 9.41. The van der Waals surface area contributed by atoms with E-state index in [0.29, 0.717) is 0 Å². The highest BCUT2D eigenvalue weighted by atomic mass is 14.9. The third-order valence-electron chi connectivity index (χ3n) is 6.90. The summed E-state index contributed by atoms with van der Waals surface area (Å²) in [7, 11) is 0. The molecule has 116 valence electrons. The molecular formula is C19H35N. The van der Waals surface area contributed by atoms with Crippen molar-refractivity contribution in [3.8, 4) is 0 Å². The van der Waals surface area contributed by atoms with Crippen molar-refractivity contribution in [1.29, 1.82) is 0 Å². The third kappa shape index (κ3) is 2.80. The maximum atomic E-state index is 3.86. The molecule has 0 amide bonds. The number of hydrogen-bond donors (Lipinski definition) is 1. The Hall–Kier alpha value is -0.0400. The summed E-state index contributed by atoms with van der Waals surface area (Å²) < 4.78 is 0. The SMILES string of the molecule is CCNC(CC12CC3CC(CC(C3)C1)C2)C(CC)CC. The van der Waals surface area contributed by atoms with Crippen molar-refractivity contribution in [2.75, 3.05) is 6.54 Å². The zero-order valence-corrected chi connectivity index (χ0v) is 14.0. The molecule has 0 radical (unpaired) electrons. The zero-order chi connectivity index (χ0) is 14.2. The van der Waals surface area contributed by atoms with E-state index in [4.69, 9.17) is 0 Å². The van der Waals surface area contributed by atoms with Crippen LogP contribution in [0.2, 0.25) is 0 Å². The summed E-state index contributed by atoms with van der Waals surface area (Å²) in [6.07, 6.45) is 13.6. The van der Waals surface area contributed by atoms with E-state index in [1.54, 1.807) is 38.5 Å². The normalized spacial score (nSPS) is 40.5. The fourth-order valence-electron chi connectivity index (χ4n) is 6.53. The van der Waals surface area contributed by atoms with E-state index in [9.17, 15) is 0 Å². The van der Waals surface area contributed by atoms with Gasteiger partial charge in [0.15, 0.2) is 0 Å². The molecule has 1 atom stereocenters. The summed E-state index contributed by atoms with van der Waals surface area (Å²) in [6, 6.07) is 0.784. The lowest BCUT2D eigenvalue weighted by Crippen LogP contribution is -2.50. The molecule has 4 fully saturated rings. The first-order valence-corrected chi connectivity index (χ1v) is 9.41. The van der Waals surface area contributed by atoms with Gasteiger partial charge in [0.2, 0.25) is 0 Å². The van der Waals surface area contributed by atoms with Crippen molar-refractivity contribution < 1.29 is 0 Å². The molecule has 20 heavy (non-hydrogen) atoms. The summed E-state index contributed by atoms with van der Waals surface area (Å²) in [5.41, 5.74) is 0.740. The molecule has 1 unspecified atom stereocenters. The van der Waals surface area contributed by atoms with E-state index < -0.39 is 0 Å². The quantitative estimate of drug-likeness (QED) is 0.690. The van der Waals surface area contributed by atoms with E-state index >= 15 is 0 Å². The van der Waals surface area contributed by atoms with Crippen LogP contribution in [-0.2, 0) is 0 Å². The van der Waals surface area contributed by atoms with Crippen LogP contribution in [0.15, 0.2) is 0 Å². The van der Waals surface area contributed by atoms with Crippen LogP contribution in [0.1, 0.15) is 78.6 Å². The van der Waals surface area contributed by atoms with Crippen LogP contribution in [0.5, 0.6) is 0 Å². The van der Waals surface area contributed by atoms with Gasteiger partial charge < -0.3 is 5.32 Å². The predicted molar refractivity (Wildman–Crippen MR) is 86.8 cm³/mol. The number of hydrogen-bond acceptors (Lipinski definition) is 1. The largest absolute Gasteiger partial charge is 0.314 e. The van der Waals surface area contributed by atoms with E-state index in [2.05, 4.69) is 26.1 Å². The van der Waals surface area contributed by atoms with Crippen molar-refractivity contribution >= 4 is 0 Å². The Bertz CT molecular complexity index is 282. The fourth-order valence-corrected chi connectivity index (χ4v) is 6.53. The molecule has 0 aromatic rings. The van der Waals surface area contributed by atoms with Crippen LogP contribution in [0, 0.1) is 29.1 Å². The second-order valence-corrected chi connectivity index (χ2v) is 8.36. The van der Waals surface area contributed by atoms with Crippen LogP contribution in [0.4, 0.5) is 0 Å². The predicted octanol–water partition coefficient (Wildman–Crippen LogP) is 5.01. The highest BCUT2D eigenvalue weighted by Gasteiger charge is 2.51. The Morgan fingerprint density at radius 1 is 0.900 bits per heavy atom. The van der Waals surface area contributed by atoms with E-state index in [1.807, 2.05) is 0 Å². The molecule has 4 aliphatic rings. The molecule has 0 heterocycles. The van der Waals surface area contributed by atoms with Gasteiger partial charge in [-0.15, -0.1) is 0 Å². The summed E-state index contributed by atoms with van der Waals surface area (Å²) >= 11 is 0. The van der Waals surface area contributed by atoms with Gasteiger partial charge in [-0.3, -0.25) is 0 Å². The van der Waals surface area contributed by atoms with Gasteiger partial charge in [0.05, 0.1) is 0 Å². The first-order chi connectivity index (χ1) is 9.68. The van der Waals surface area contributed by atoms with Gasteiger partial charge in [0.1, 0.15) is 0 Å². The smallest absolute Gasteiger partial charge is 0.0100 e. The van der Waals surface area contributed by atoms with Crippen LogP contribution < -0.4 is 5.32 Å². The summed E-state index contributed by atoms with van der Waals surface area (Å²) in [5, 5.41) is 3.86. The molecule has 1 heteroatoms. The van der Waals surface area contributed by atoms with Crippen LogP contribution >= 0.6 is 0 Å². The molecule has 1 nitrogen and oxygen atoms in total. The van der Waals surface area contributed by atoms with Crippen LogP contribution in [0.3, 0.4) is 0 Å². The van der Waals surface area contributed by atoms with Gasteiger partial charge in [-0.1, -0.05) is 33.6 Å². The van der Waals surface area contributed by atoms with Gasteiger partial charge >= 0.3 is 0 Å². The minimum absolute atomic E-state index is 0.740. The topological polar surface area (TPSA) is 12.0 Å². The average Bonchev–Trinajstić information content (AvgIpc) is 2.38. The molecule has 4 aliphatic carbocycles.